The molecule has 0 spiro atoms. The summed E-state index contributed by atoms with van der Waals surface area (Å²) in [6.45, 7) is 3.33. The maximum Gasteiger partial charge on any atom is 0.453 e. The van der Waals surface area contributed by atoms with Crippen molar-refractivity contribution in [1.82, 2.24) is 0 Å². The van der Waals surface area contributed by atoms with E-state index in [1.54, 1.807) is 13.8 Å². The summed E-state index contributed by atoms with van der Waals surface area (Å²) in [7, 11) is 0. The largest absolute Gasteiger partial charge is 0.453 e. The van der Waals surface area contributed by atoms with Crippen molar-refractivity contribution in [2.75, 3.05) is 0 Å². The minimum absolute atomic E-state index is 0.00743. The summed E-state index contributed by atoms with van der Waals surface area (Å²) < 4.78 is 61.7. The van der Waals surface area contributed by atoms with E-state index in [9.17, 15) is 22.0 Å². The second kappa shape index (κ2) is 3.07. The van der Waals surface area contributed by atoms with Crippen LogP contribution >= 0.6 is 0 Å². The highest BCUT2D eigenvalue weighted by atomic mass is 19.4. The summed E-state index contributed by atoms with van der Waals surface area (Å²) in [5.41, 5.74) is -0.779. The topological polar surface area (TPSA) is 0 Å². The van der Waals surface area contributed by atoms with E-state index >= 15 is 0 Å². The Morgan fingerprint density at radius 2 is 1.50 bits per heavy atom. The third-order valence-corrected chi connectivity index (χ3v) is 3.41. The highest BCUT2D eigenvalue weighted by molar-refractivity contribution is 5.08. The third kappa shape index (κ3) is 1.50. The summed E-state index contributed by atoms with van der Waals surface area (Å²) >= 11 is 0. The molecule has 0 saturated heterocycles. The zero-order chi connectivity index (χ0) is 11.2. The molecule has 0 aromatic carbocycles. The normalized spacial score (nSPS) is 26.4. The lowest BCUT2D eigenvalue weighted by Crippen LogP contribution is -2.40. The van der Waals surface area contributed by atoms with Crippen molar-refractivity contribution >= 4 is 0 Å². The molecule has 0 amide bonds. The smallest absolute Gasteiger partial charge is 0.196 e. The maximum atomic E-state index is 12.9. The van der Waals surface area contributed by atoms with Gasteiger partial charge in [0.05, 0.1) is 0 Å². The van der Waals surface area contributed by atoms with Crippen LogP contribution in [-0.4, -0.2) is 12.1 Å². The first-order valence-corrected chi connectivity index (χ1v) is 4.66. The van der Waals surface area contributed by atoms with Gasteiger partial charge >= 0.3 is 12.1 Å². The average molecular weight is 216 g/mol. The van der Waals surface area contributed by atoms with Crippen molar-refractivity contribution in [3.8, 4) is 0 Å². The Bertz CT molecular complexity index is 214. The first-order valence-electron chi connectivity index (χ1n) is 4.66. The summed E-state index contributed by atoms with van der Waals surface area (Å²) in [4.78, 5) is 0. The van der Waals surface area contributed by atoms with Gasteiger partial charge in [-0.1, -0.05) is 13.8 Å². The van der Waals surface area contributed by atoms with Crippen molar-refractivity contribution in [3.63, 3.8) is 0 Å². The Hall–Kier alpha value is -0.350. The van der Waals surface area contributed by atoms with Crippen LogP contribution in [0, 0.1) is 11.3 Å². The van der Waals surface area contributed by atoms with Crippen LogP contribution in [0.4, 0.5) is 22.0 Å². The van der Waals surface area contributed by atoms with Crippen LogP contribution in [0.3, 0.4) is 0 Å². The quantitative estimate of drug-likeness (QED) is 0.625. The molecule has 0 radical (unpaired) electrons. The first-order chi connectivity index (χ1) is 6.21. The lowest BCUT2D eigenvalue weighted by molar-refractivity contribution is -0.294. The third-order valence-electron chi connectivity index (χ3n) is 3.41. The van der Waals surface area contributed by atoms with Gasteiger partial charge in [0, 0.05) is 5.92 Å². The second-order valence-corrected chi connectivity index (χ2v) is 3.95. The van der Waals surface area contributed by atoms with Crippen LogP contribution < -0.4 is 0 Å². The van der Waals surface area contributed by atoms with Crippen molar-refractivity contribution in [2.24, 2.45) is 11.3 Å². The number of hydrogen-bond acceptors (Lipinski definition) is 0. The van der Waals surface area contributed by atoms with Crippen LogP contribution in [0.1, 0.15) is 33.1 Å². The van der Waals surface area contributed by atoms with Crippen LogP contribution in [0.15, 0.2) is 0 Å². The lowest BCUT2D eigenvalue weighted by Gasteiger charge is -2.23. The molecule has 1 atom stereocenters. The summed E-state index contributed by atoms with van der Waals surface area (Å²) in [6.07, 6.45) is -4.63. The number of halogens is 5. The van der Waals surface area contributed by atoms with E-state index in [1.165, 1.54) is 0 Å². The van der Waals surface area contributed by atoms with E-state index in [1.807, 2.05) is 0 Å². The Morgan fingerprint density at radius 1 is 1.07 bits per heavy atom. The molecule has 1 saturated carbocycles. The van der Waals surface area contributed by atoms with Gasteiger partial charge in [0.15, 0.2) is 0 Å². The Balaban J connectivity index is 2.79. The van der Waals surface area contributed by atoms with Crippen LogP contribution in [0.25, 0.3) is 0 Å². The molecule has 1 aliphatic rings. The van der Waals surface area contributed by atoms with Crippen molar-refractivity contribution < 1.29 is 22.0 Å². The monoisotopic (exact) mass is 216 g/mol. The minimum Gasteiger partial charge on any atom is -0.196 e. The molecular formula is C9H13F5. The molecule has 84 valence electrons. The number of alkyl halides is 5. The standard InChI is InChI=1S/C9H13F5/c1-3-7(4-2)5-6(7)8(10,11)9(12,13)14/h6H,3-5H2,1-2H3. The maximum absolute atomic E-state index is 12.9. The summed E-state index contributed by atoms with van der Waals surface area (Å²) in [5.74, 6) is -6.02. The predicted octanol–water partition coefficient (Wildman–Crippen LogP) is 4.01. The summed E-state index contributed by atoms with van der Waals surface area (Å²) in [6, 6.07) is 0. The molecule has 0 aliphatic heterocycles. The lowest BCUT2D eigenvalue weighted by atomic mass is 9.94. The predicted molar refractivity (Wildman–Crippen MR) is 42.1 cm³/mol. The fraction of sp³-hybridized carbons (Fsp3) is 1.00. The molecule has 0 heterocycles. The Morgan fingerprint density at radius 3 is 1.71 bits per heavy atom. The van der Waals surface area contributed by atoms with Gasteiger partial charge in [-0.2, -0.15) is 22.0 Å². The Kier molecular flexibility index (Phi) is 2.57. The molecule has 0 nitrogen and oxygen atoms in total. The van der Waals surface area contributed by atoms with Crippen molar-refractivity contribution in [2.45, 2.75) is 45.2 Å². The van der Waals surface area contributed by atoms with Crippen molar-refractivity contribution in [3.05, 3.63) is 0 Å². The molecule has 0 aromatic rings. The van der Waals surface area contributed by atoms with E-state index in [4.69, 9.17) is 0 Å². The molecule has 1 rings (SSSR count). The molecule has 0 bridgehead atoms. The molecule has 0 aromatic heterocycles. The van der Waals surface area contributed by atoms with Gasteiger partial charge in [-0.3, -0.25) is 0 Å². The van der Waals surface area contributed by atoms with E-state index < -0.39 is 23.4 Å². The molecule has 1 aliphatic carbocycles. The SMILES string of the molecule is CCC1(CC)CC1C(F)(F)C(F)(F)F. The molecule has 1 unspecified atom stereocenters. The van der Waals surface area contributed by atoms with Gasteiger partial charge in [-0.15, -0.1) is 0 Å². The van der Waals surface area contributed by atoms with Gasteiger partial charge in [-0.05, 0) is 24.7 Å². The first kappa shape index (κ1) is 11.7. The van der Waals surface area contributed by atoms with E-state index in [0.29, 0.717) is 12.8 Å². The van der Waals surface area contributed by atoms with E-state index in [0.717, 1.165) is 0 Å². The average Bonchev–Trinajstić information content (AvgIpc) is 2.78. The number of rotatable bonds is 3. The van der Waals surface area contributed by atoms with Gasteiger partial charge in [0.25, 0.3) is 0 Å². The fourth-order valence-electron chi connectivity index (χ4n) is 2.09. The molecule has 1 fully saturated rings. The molecule has 5 heteroatoms. The van der Waals surface area contributed by atoms with Gasteiger partial charge in [0.2, 0.25) is 0 Å². The number of hydrogen-bond donors (Lipinski definition) is 0. The Labute approximate surface area is 79.5 Å². The van der Waals surface area contributed by atoms with E-state index in [-0.39, 0.29) is 6.42 Å². The highest BCUT2D eigenvalue weighted by Gasteiger charge is 2.73. The van der Waals surface area contributed by atoms with Crippen LogP contribution in [0.2, 0.25) is 0 Å². The zero-order valence-corrected chi connectivity index (χ0v) is 8.09. The second-order valence-electron chi connectivity index (χ2n) is 3.95. The van der Waals surface area contributed by atoms with Gasteiger partial charge < -0.3 is 0 Å². The van der Waals surface area contributed by atoms with Crippen molar-refractivity contribution in [1.29, 1.82) is 0 Å². The molecule has 0 N–H and O–H groups in total. The van der Waals surface area contributed by atoms with Crippen LogP contribution in [0.5, 0.6) is 0 Å². The minimum atomic E-state index is -5.40. The molecular weight excluding hydrogens is 203 g/mol. The van der Waals surface area contributed by atoms with Gasteiger partial charge in [0.1, 0.15) is 0 Å². The highest BCUT2D eigenvalue weighted by Crippen LogP contribution is 2.66. The molecule has 14 heavy (non-hydrogen) atoms. The zero-order valence-electron chi connectivity index (χ0n) is 8.09. The summed E-state index contributed by atoms with van der Waals surface area (Å²) in [5, 5.41) is 0. The van der Waals surface area contributed by atoms with E-state index in [2.05, 4.69) is 0 Å². The fourth-order valence-corrected chi connectivity index (χ4v) is 2.09. The van der Waals surface area contributed by atoms with Crippen LogP contribution in [-0.2, 0) is 0 Å². The van der Waals surface area contributed by atoms with Gasteiger partial charge in [-0.25, -0.2) is 0 Å².